The number of rotatable bonds is 3. The van der Waals surface area contributed by atoms with Crippen molar-refractivity contribution in [2.24, 2.45) is 5.41 Å². The van der Waals surface area contributed by atoms with Crippen molar-refractivity contribution in [2.75, 3.05) is 0 Å². The Morgan fingerprint density at radius 1 is 1.37 bits per heavy atom. The van der Waals surface area contributed by atoms with Gasteiger partial charge in [-0.25, -0.2) is 0 Å². The van der Waals surface area contributed by atoms with Crippen LogP contribution in [0.3, 0.4) is 0 Å². The maximum absolute atomic E-state index is 12.5. The van der Waals surface area contributed by atoms with Crippen molar-refractivity contribution >= 4 is 32.2 Å². The highest BCUT2D eigenvalue weighted by Gasteiger charge is 2.39. The van der Waals surface area contributed by atoms with Crippen molar-refractivity contribution in [3.05, 3.63) is 33.9 Å². The van der Waals surface area contributed by atoms with Gasteiger partial charge in [0.15, 0.2) is 9.57 Å². The van der Waals surface area contributed by atoms with Crippen LogP contribution in [0.5, 0.6) is 0 Å². The highest BCUT2D eigenvalue weighted by molar-refractivity contribution is 14.1. The second-order valence-electron chi connectivity index (χ2n) is 6.08. The van der Waals surface area contributed by atoms with E-state index < -0.39 is 0 Å². The maximum Gasteiger partial charge on any atom is 0.192 e. The fourth-order valence-corrected chi connectivity index (χ4v) is 3.34. The van der Waals surface area contributed by atoms with Gasteiger partial charge in [-0.1, -0.05) is 19.9 Å². The molecule has 102 valence electrons. The maximum atomic E-state index is 12.5. The Morgan fingerprint density at radius 3 is 2.58 bits per heavy atom. The van der Waals surface area contributed by atoms with E-state index in [4.69, 9.17) is 0 Å². The van der Waals surface area contributed by atoms with Crippen LogP contribution in [0.25, 0.3) is 0 Å². The van der Waals surface area contributed by atoms with Gasteiger partial charge in [0.05, 0.1) is 0 Å². The van der Waals surface area contributed by atoms with E-state index in [0.29, 0.717) is 6.42 Å². The van der Waals surface area contributed by atoms with Crippen LogP contribution in [0.2, 0.25) is 0 Å². The predicted octanol–water partition coefficient (Wildman–Crippen LogP) is 3.96. The number of carbonyl (C=O) groups is 2. The molecule has 3 heteroatoms. The molecule has 1 aliphatic rings. The fraction of sp³-hybridized carbons (Fsp3) is 0.500. The number of aryl methyl sites for hydroxylation is 1. The number of benzene rings is 1. The van der Waals surface area contributed by atoms with Gasteiger partial charge in [0.1, 0.15) is 0 Å². The van der Waals surface area contributed by atoms with E-state index >= 15 is 0 Å². The lowest BCUT2D eigenvalue weighted by Gasteiger charge is -2.14. The van der Waals surface area contributed by atoms with Crippen molar-refractivity contribution < 1.29 is 9.59 Å². The molecule has 0 heterocycles. The zero-order valence-electron chi connectivity index (χ0n) is 11.9. The molecule has 0 unspecified atom stereocenters. The van der Waals surface area contributed by atoms with Gasteiger partial charge in [0, 0.05) is 17.4 Å². The van der Waals surface area contributed by atoms with Gasteiger partial charge in [-0.2, -0.15) is 0 Å². The number of hydrogen-bond acceptors (Lipinski definition) is 2. The van der Waals surface area contributed by atoms with Crippen molar-refractivity contribution in [3.8, 4) is 0 Å². The van der Waals surface area contributed by atoms with Crippen LogP contribution in [0.1, 0.15) is 52.9 Å². The first kappa shape index (κ1) is 14.7. The zero-order chi connectivity index (χ0) is 14.4. The van der Waals surface area contributed by atoms with E-state index in [1.807, 2.05) is 43.4 Å². The lowest BCUT2D eigenvalue weighted by atomic mass is 9.88. The summed E-state index contributed by atoms with van der Waals surface area (Å²) in [6, 6.07) is 2.14. The second kappa shape index (κ2) is 5.00. The van der Waals surface area contributed by atoms with E-state index in [9.17, 15) is 9.59 Å². The van der Waals surface area contributed by atoms with E-state index in [2.05, 4.69) is 13.0 Å². The van der Waals surface area contributed by atoms with Crippen molar-refractivity contribution in [3.63, 3.8) is 0 Å². The molecule has 2 rings (SSSR count). The van der Waals surface area contributed by atoms with E-state index in [1.165, 1.54) is 16.7 Å². The third kappa shape index (κ3) is 2.62. The third-order valence-corrected chi connectivity index (χ3v) is 4.60. The summed E-state index contributed by atoms with van der Waals surface area (Å²) in [5.41, 5.74) is 5.27. The summed E-state index contributed by atoms with van der Waals surface area (Å²) < 4.78 is 0.170. The summed E-state index contributed by atoms with van der Waals surface area (Å²) in [6.45, 7) is 8.13. The van der Waals surface area contributed by atoms with Gasteiger partial charge in [-0.05, 0) is 71.5 Å². The van der Waals surface area contributed by atoms with Crippen molar-refractivity contribution in [2.45, 2.75) is 47.0 Å². The number of Topliss-reactive ketones (excluding diaryl/α,β-unsaturated/α-hetero) is 1. The minimum Gasteiger partial charge on any atom is -0.294 e. The van der Waals surface area contributed by atoms with Crippen LogP contribution in [0.4, 0.5) is 0 Å². The van der Waals surface area contributed by atoms with Gasteiger partial charge >= 0.3 is 0 Å². The SMILES string of the molecule is Cc1cc2c(c(C)c1CCC(=O)I)C(=O)C(C)(C)C2. The molecule has 19 heavy (non-hydrogen) atoms. The average Bonchev–Trinajstić information content (AvgIpc) is 2.48. The number of fused-ring (bicyclic) bond motifs is 1. The highest BCUT2D eigenvalue weighted by atomic mass is 127. The summed E-state index contributed by atoms with van der Waals surface area (Å²) in [5, 5.41) is 0. The van der Waals surface area contributed by atoms with Gasteiger partial charge < -0.3 is 0 Å². The molecule has 1 aromatic rings. The Balaban J connectivity index is 2.49. The first-order chi connectivity index (χ1) is 8.74. The lowest BCUT2D eigenvalue weighted by molar-refractivity contribution is -0.109. The number of carbonyl (C=O) groups excluding carboxylic acids is 2. The van der Waals surface area contributed by atoms with Crippen molar-refractivity contribution in [1.29, 1.82) is 0 Å². The van der Waals surface area contributed by atoms with Gasteiger partial charge in [0.25, 0.3) is 0 Å². The molecule has 0 spiro atoms. The molecule has 0 bridgehead atoms. The Kier molecular flexibility index (Phi) is 3.87. The predicted molar refractivity (Wildman–Crippen MR) is 85.1 cm³/mol. The Morgan fingerprint density at radius 2 is 2.00 bits per heavy atom. The van der Waals surface area contributed by atoms with Crippen LogP contribution in [0, 0.1) is 19.3 Å². The summed E-state index contributed by atoms with van der Waals surface area (Å²) >= 11 is 1.83. The normalized spacial score (nSPS) is 16.6. The number of halogens is 1. The van der Waals surface area contributed by atoms with Gasteiger partial charge in [-0.15, -0.1) is 0 Å². The molecule has 0 saturated carbocycles. The molecule has 1 aliphatic carbocycles. The molecule has 0 saturated heterocycles. The van der Waals surface area contributed by atoms with Crippen LogP contribution in [0.15, 0.2) is 6.07 Å². The van der Waals surface area contributed by atoms with Crippen LogP contribution in [-0.2, 0) is 17.6 Å². The first-order valence-corrected chi connectivity index (χ1v) is 7.67. The minimum absolute atomic E-state index is 0.170. The molecule has 1 aromatic carbocycles. The molecular formula is C16H19IO2. The highest BCUT2D eigenvalue weighted by Crippen LogP contribution is 2.39. The smallest absolute Gasteiger partial charge is 0.192 e. The summed E-state index contributed by atoms with van der Waals surface area (Å²) in [6.07, 6.45) is 2.10. The first-order valence-electron chi connectivity index (χ1n) is 6.59. The molecule has 0 aromatic heterocycles. The standard InChI is InChI=1S/C16H19IO2/c1-9-7-11-8-16(3,4)15(19)14(11)10(2)12(9)5-6-13(17)18/h7H,5-6,8H2,1-4H3. The monoisotopic (exact) mass is 370 g/mol. The molecule has 0 amide bonds. The summed E-state index contributed by atoms with van der Waals surface area (Å²) in [5.74, 6) is 0.252. The van der Waals surface area contributed by atoms with E-state index in [0.717, 1.165) is 24.0 Å². The van der Waals surface area contributed by atoms with E-state index in [1.54, 1.807) is 0 Å². The Bertz CT molecular complexity index is 571. The topological polar surface area (TPSA) is 34.1 Å². The molecule has 0 radical (unpaired) electrons. The third-order valence-electron chi connectivity index (χ3n) is 4.06. The van der Waals surface area contributed by atoms with Crippen LogP contribution >= 0.6 is 22.6 Å². The fourth-order valence-electron chi connectivity index (χ4n) is 3.07. The van der Waals surface area contributed by atoms with Crippen LogP contribution in [-0.4, -0.2) is 9.57 Å². The zero-order valence-corrected chi connectivity index (χ0v) is 14.1. The summed E-state index contributed by atoms with van der Waals surface area (Å²) in [7, 11) is 0. The summed E-state index contributed by atoms with van der Waals surface area (Å²) in [4.78, 5) is 23.6. The quantitative estimate of drug-likeness (QED) is 0.596. The molecule has 0 atom stereocenters. The molecule has 0 fully saturated rings. The lowest BCUT2D eigenvalue weighted by Crippen LogP contribution is -2.19. The second-order valence-corrected chi connectivity index (χ2v) is 7.28. The minimum atomic E-state index is -0.281. The van der Waals surface area contributed by atoms with Gasteiger partial charge in [-0.3, -0.25) is 9.59 Å². The van der Waals surface area contributed by atoms with Crippen molar-refractivity contribution in [1.82, 2.24) is 0 Å². The Labute approximate surface area is 128 Å². The molecular weight excluding hydrogens is 351 g/mol. The number of ketones is 1. The molecule has 0 N–H and O–H groups in total. The number of hydrogen-bond donors (Lipinski definition) is 0. The molecule has 2 nitrogen and oxygen atoms in total. The van der Waals surface area contributed by atoms with E-state index in [-0.39, 0.29) is 15.0 Å². The van der Waals surface area contributed by atoms with Crippen LogP contribution < -0.4 is 0 Å². The largest absolute Gasteiger partial charge is 0.294 e. The molecule has 0 aliphatic heterocycles. The average molecular weight is 370 g/mol. The Hall–Kier alpha value is -0.710. The van der Waals surface area contributed by atoms with Gasteiger partial charge in [0.2, 0.25) is 0 Å².